The van der Waals surface area contributed by atoms with Crippen molar-refractivity contribution in [1.29, 1.82) is 0 Å². The fraction of sp³-hybridized carbons (Fsp3) is 0.476. The van der Waals surface area contributed by atoms with Crippen molar-refractivity contribution in [2.45, 2.75) is 57.8 Å². The number of aromatic amines is 1. The lowest BCUT2D eigenvalue weighted by molar-refractivity contribution is 0.102. The molecule has 1 aromatic heterocycles. The number of nitrogens with zero attached hydrogens (tertiary/aromatic N) is 1. The van der Waals surface area contributed by atoms with Gasteiger partial charge in [0.05, 0.1) is 0 Å². The summed E-state index contributed by atoms with van der Waals surface area (Å²) >= 11 is 0. The molecule has 0 saturated carbocycles. The normalized spacial score (nSPS) is 16.0. The number of aromatic nitrogens is 1. The Hall–Kier alpha value is -2.12. The first-order chi connectivity index (χ1) is 13.4. The molecule has 1 fully saturated rings. The van der Waals surface area contributed by atoms with Crippen molar-refractivity contribution < 1.29 is 13.2 Å². The maximum atomic E-state index is 13.3. The maximum absolute atomic E-state index is 13.3. The second kappa shape index (κ2) is 8.49. The maximum Gasteiger partial charge on any atom is 0.272 e. The van der Waals surface area contributed by atoms with Crippen LogP contribution >= 0.6 is 0 Å². The third kappa shape index (κ3) is 4.00. The molecule has 152 valence electrons. The first kappa shape index (κ1) is 20.6. The molecule has 1 amide bonds. The van der Waals surface area contributed by atoms with Crippen LogP contribution in [0.3, 0.4) is 0 Å². The van der Waals surface area contributed by atoms with Gasteiger partial charge in [-0.05, 0) is 50.3 Å². The van der Waals surface area contributed by atoms with Gasteiger partial charge >= 0.3 is 0 Å². The van der Waals surface area contributed by atoms with Crippen LogP contribution in [0.15, 0.2) is 29.2 Å². The third-order valence-electron chi connectivity index (χ3n) is 5.41. The van der Waals surface area contributed by atoms with Crippen LogP contribution in [0.5, 0.6) is 0 Å². The number of anilines is 1. The monoisotopic (exact) mass is 403 g/mol. The van der Waals surface area contributed by atoms with Crippen molar-refractivity contribution in [3.05, 3.63) is 46.8 Å². The first-order valence-corrected chi connectivity index (χ1v) is 11.4. The minimum Gasteiger partial charge on any atom is -0.353 e. The summed E-state index contributed by atoms with van der Waals surface area (Å²) in [6.07, 6.45) is 4.67. The zero-order valence-corrected chi connectivity index (χ0v) is 17.7. The number of hydrogen-bond acceptors (Lipinski definition) is 3. The fourth-order valence-corrected chi connectivity index (χ4v) is 5.82. The van der Waals surface area contributed by atoms with E-state index in [1.54, 1.807) is 18.2 Å². The highest BCUT2D eigenvalue weighted by molar-refractivity contribution is 7.89. The van der Waals surface area contributed by atoms with Crippen molar-refractivity contribution in [3.63, 3.8) is 0 Å². The largest absolute Gasteiger partial charge is 0.353 e. The lowest BCUT2D eigenvalue weighted by Gasteiger charge is -2.20. The van der Waals surface area contributed by atoms with E-state index in [0.717, 1.165) is 43.4 Å². The average Bonchev–Trinajstić information content (AvgIpc) is 2.85. The summed E-state index contributed by atoms with van der Waals surface area (Å²) in [5.41, 5.74) is 3.08. The summed E-state index contributed by atoms with van der Waals surface area (Å²) in [5.74, 6) is -0.321. The van der Waals surface area contributed by atoms with Crippen molar-refractivity contribution in [3.8, 4) is 0 Å². The van der Waals surface area contributed by atoms with Gasteiger partial charge in [0.2, 0.25) is 10.0 Å². The minimum atomic E-state index is -3.62. The second-order valence-electron chi connectivity index (χ2n) is 7.36. The number of hydrogen-bond donors (Lipinski definition) is 2. The van der Waals surface area contributed by atoms with E-state index < -0.39 is 10.0 Å². The van der Waals surface area contributed by atoms with Gasteiger partial charge in [-0.3, -0.25) is 4.79 Å². The summed E-state index contributed by atoms with van der Waals surface area (Å²) < 4.78 is 28.1. The molecule has 2 aromatic rings. The zero-order valence-electron chi connectivity index (χ0n) is 16.8. The van der Waals surface area contributed by atoms with Gasteiger partial charge in [0, 0.05) is 24.5 Å². The number of carbonyl (C=O) groups is 1. The summed E-state index contributed by atoms with van der Waals surface area (Å²) in [6.45, 7) is 6.53. The molecule has 0 unspecified atom stereocenters. The van der Waals surface area contributed by atoms with E-state index in [1.807, 2.05) is 31.2 Å². The Morgan fingerprint density at radius 1 is 1.11 bits per heavy atom. The molecule has 0 atom stereocenters. The van der Waals surface area contributed by atoms with E-state index in [9.17, 15) is 13.2 Å². The number of nitrogens with one attached hydrogen (secondary N) is 2. The van der Waals surface area contributed by atoms with E-state index in [2.05, 4.69) is 10.3 Å². The number of para-hydroxylation sites is 1. The Labute approximate surface area is 167 Å². The van der Waals surface area contributed by atoms with Crippen LogP contribution in [-0.2, 0) is 16.4 Å². The van der Waals surface area contributed by atoms with Crippen LogP contribution in [0.25, 0.3) is 0 Å². The number of amides is 1. The van der Waals surface area contributed by atoms with Gasteiger partial charge in [0.1, 0.15) is 10.6 Å². The lowest BCUT2D eigenvalue weighted by atomic mass is 10.1. The van der Waals surface area contributed by atoms with E-state index >= 15 is 0 Å². The molecule has 0 aliphatic carbocycles. The van der Waals surface area contributed by atoms with Gasteiger partial charge < -0.3 is 10.3 Å². The summed E-state index contributed by atoms with van der Waals surface area (Å²) in [7, 11) is -3.62. The Bertz CT molecular complexity index is 955. The van der Waals surface area contributed by atoms with Crippen LogP contribution in [0.2, 0.25) is 0 Å². The van der Waals surface area contributed by atoms with E-state index in [1.165, 1.54) is 0 Å². The van der Waals surface area contributed by atoms with Crippen molar-refractivity contribution >= 4 is 21.6 Å². The molecule has 6 nitrogen and oxygen atoms in total. The van der Waals surface area contributed by atoms with Gasteiger partial charge in [0.25, 0.3) is 5.91 Å². The van der Waals surface area contributed by atoms with Gasteiger partial charge in [0.15, 0.2) is 0 Å². The molecule has 1 aromatic carbocycles. The average molecular weight is 404 g/mol. The minimum absolute atomic E-state index is 0.239. The highest BCUT2D eigenvalue weighted by atomic mass is 32.2. The Balaban J connectivity index is 1.92. The molecule has 3 rings (SSSR count). The molecule has 1 saturated heterocycles. The van der Waals surface area contributed by atoms with E-state index in [-0.39, 0.29) is 10.8 Å². The van der Waals surface area contributed by atoms with Gasteiger partial charge in [-0.2, -0.15) is 4.31 Å². The van der Waals surface area contributed by atoms with Crippen LogP contribution in [0.1, 0.15) is 59.9 Å². The van der Waals surface area contributed by atoms with Crippen molar-refractivity contribution in [1.82, 2.24) is 9.29 Å². The third-order valence-corrected chi connectivity index (χ3v) is 7.58. The van der Waals surface area contributed by atoms with E-state index in [0.29, 0.717) is 30.0 Å². The van der Waals surface area contributed by atoms with Gasteiger partial charge in [-0.1, -0.05) is 38.0 Å². The number of carbonyl (C=O) groups excluding carboxylic acids is 1. The second-order valence-corrected chi connectivity index (χ2v) is 9.24. The standard InChI is InChI=1S/C21H29N3O3S/c1-4-17-11-7-8-12-18(17)23-21(25)19-15(2)20(16(3)22-19)28(26,27)24-13-9-5-6-10-14-24/h7-8,11-12,22H,4-6,9-10,13-14H2,1-3H3,(H,23,25). The Morgan fingerprint density at radius 2 is 1.75 bits per heavy atom. The van der Waals surface area contributed by atoms with Gasteiger partial charge in [-0.25, -0.2) is 8.42 Å². The first-order valence-electron chi connectivity index (χ1n) is 9.94. The highest BCUT2D eigenvalue weighted by Gasteiger charge is 2.32. The highest BCUT2D eigenvalue weighted by Crippen LogP contribution is 2.29. The van der Waals surface area contributed by atoms with Gasteiger partial charge in [-0.15, -0.1) is 0 Å². The number of aryl methyl sites for hydroxylation is 2. The molecule has 0 bridgehead atoms. The summed E-state index contributed by atoms with van der Waals surface area (Å²) in [6, 6.07) is 7.63. The van der Waals surface area contributed by atoms with Crippen LogP contribution in [-0.4, -0.2) is 36.7 Å². The van der Waals surface area contributed by atoms with Crippen LogP contribution in [0.4, 0.5) is 5.69 Å². The number of rotatable bonds is 5. The molecule has 2 heterocycles. The number of H-pyrrole nitrogens is 1. The lowest BCUT2D eigenvalue weighted by Crippen LogP contribution is -2.32. The zero-order chi connectivity index (χ0) is 20.3. The predicted octanol–water partition coefficient (Wildman–Crippen LogP) is 4.01. The fourth-order valence-electron chi connectivity index (χ4n) is 3.89. The van der Waals surface area contributed by atoms with Crippen LogP contribution in [0, 0.1) is 13.8 Å². The molecule has 28 heavy (non-hydrogen) atoms. The van der Waals surface area contributed by atoms with Crippen molar-refractivity contribution in [2.24, 2.45) is 0 Å². The Kier molecular flexibility index (Phi) is 6.25. The molecule has 1 aliphatic heterocycles. The summed E-state index contributed by atoms with van der Waals surface area (Å²) in [4.78, 5) is 16.1. The summed E-state index contributed by atoms with van der Waals surface area (Å²) in [5, 5.41) is 2.92. The molecular weight excluding hydrogens is 374 g/mol. The predicted molar refractivity (Wildman–Crippen MR) is 111 cm³/mol. The smallest absolute Gasteiger partial charge is 0.272 e. The van der Waals surface area contributed by atoms with E-state index in [4.69, 9.17) is 0 Å². The molecule has 1 aliphatic rings. The molecule has 2 N–H and O–H groups in total. The molecule has 0 radical (unpaired) electrons. The van der Waals surface area contributed by atoms with Crippen LogP contribution < -0.4 is 5.32 Å². The number of sulfonamides is 1. The topological polar surface area (TPSA) is 82.3 Å². The molecule has 7 heteroatoms. The quantitative estimate of drug-likeness (QED) is 0.791. The molecule has 0 spiro atoms. The SMILES string of the molecule is CCc1ccccc1NC(=O)c1[nH]c(C)c(S(=O)(=O)N2CCCCCC2)c1C. The Morgan fingerprint density at radius 3 is 2.39 bits per heavy atom. The number of benzene rings is 1. The van der Waals surface area contributed by atoms with Crippen molar-refractivity contribution in [2.75, 3.05) is 18.4 Å². The molecular formula is C21H29N3O3S.